The molecule has 0 bridgehead atoms. The molecule has 0 rings (SSSR count). The van der Waals surface area contributed by atoms with Crippen LogP contribution in [0.1, 0.15) is 20.8 Å². The Bertz CT molecular complexity index is 226. The highest BCUT2D eigenvalue weighted by molar-refractivity contribution is 6.50. The third-order valence-electron chi connectivity index (χ3n) is 1.51. The summed E-state index contributed by atoms with van der Waals surface area (Å²) in [7, 11) is 1.06. The van der Waals surface area contributed by atoms with E-state index in [-0.39, 0.29) is 0 Å². The van der Waals surface area contributed by atoms with E-state index in [4.69, 9.17) is 0 Å². The van der Waals surface area contributed by atoms with E-state index in [2.05, 4.69) is 40.0 Å². The minimum atomic E-state index is 0.320. The van der Waals surface area contributed by atoms with Crippen molar-refractivity contribution in [3.05, 3.63) is 49.0 Å². The minimum absolute atomic E-state index is 0.320. The predicted molar refractivity (Wildman–Crippen MR) is 64.5 cm³/mol. The summed E-state index contributed by atoms with van der Waals surface area (Å²) in [4.78, 5) is 0. The van der Waals surface area contributed by atoms with Gasteiger partial charge in [-0.05, 0) is 0 Å². The third-order valence-corrected chi connectivity index (χ3v) is 1.51. The Hall–Kier alpha value is -0.975. The highest BCUT2D eigenvalue weighted by Gasteiger charge is 2.13. The summed E-state index contributed by atoms with van der Waals surface area (Å²) in [5.41, 5.74) is 1.29. The molecule has 0 nitrogen and oxygen atoms in total. The smallest absolute Gasteiger partial charge is 0.0991 e. The molecule has 0 amide bonds. The first kappa shape index (κ1) is 12.0. The summed E-state index contributed by atoms with van der Waals surface area (Å²) in [6, 6.07) is 0. The van der Waals surface area contributed by atoms with Gasteiger partial charge in [0.15, 0.2) is 7.28 Å². The second-order valence-corrected chi connectivity index (χ2v) is 4.31. The molecule has 0 heterocycles. The molecule has 0 aromatic heterocycles. The molecular formula is C12H19B. The summed E-state index contributed by atoms with van der Waals surface area (Å²) >= 11 is 0. The Morgan fingerprint density at radius 3 is 2.15 bits per heavy atom. The van der Waals surface area contributed by atoms with Crippen LogP contribution in [0, 0.1) is 0 Å². The van der Waals surface area contributed by atoms with Gasteiger partial charge in [-0.15, -0.1) is 0 Å². The lowest BCUT2D eigenvalue weighted by Gasteiger charge is -2.16. The van der Waals surface area contributed by atoms with Gasteiger partial charge < -0.3 is 0 Å². The van der Waals surface area contributed by atoms with Gasteiger partial charge >= 0.3 is 0 Å². The Kier molecular flexibility index (Phi) is 5.21. The van der Waals surface area contributed by atoms with Crippen molar-refractivity contribution in [2.75, 3.05) is 0 Å². The molecule has 0 aromatic rings. The Labute approximate surface area is 83.0 Å². The average molecular weight is 174 g/mol. The molecule has 0 aliphatic rings. The summed E-state index contributed by atoms with van der Waals surface area (Å²) in [6.45, 7) is 14.0. The largest absolute Gasteiger partial charge is 0.163 e. The Morgan fingerprint density at radius 1 is 1.15 bits per heavy atom. The van der Waals surface area contributed by atoms with E-state index in [1.54, 1.807) is 6.08 Å². The fraction of sp³-hybridized carbons (Fsp3) is 0.333. The summed E-state index contributed by atoms with van der Waals surface area (Å²) < 4.78 is 0. The maximum Gasteiger partial charge on any atom is 0.163 e. The second kappa shape index (κ2) is 5.63. The first-order chi connectivity index (χ1) is 5.99. The van der Waals surface area contributed by atoms with Crippen LogP contribution in [0.2, 0.25) is 5.31 Å². The first-order valence-electron chi connectivity index (χ1n) is 4.60. The van der Waals surface area contributed by atoms with Crippen molar-refractivity contribution >= 4 is 7.28 Å². The molecule has 0 saturated carbocycles. The lowest BCUT2D eigenvalue weighted by molar-refractivity contribution is 0.757. The van der Waals surface area contributed by atoms with E-state index in [9.17, 15) is 0 Å². The molecule has 0 aromatic carbocycles. The van der Waals surface area contributed by atoms with Gasteiger partial charge in [0.25, 0.3) is 0 Å². The quantitative estimate of drug-likeness (QED) is 0.452. The SMILES string of the molecule is C=C/C=C\C(BC(C)(C)C)=C/C=C. The number of hydrogen-bond acceptors (Lipinski definition) is 0. The number of rotatable bonds is 4. The van der Waals surface area contributed by atoms with Gasteiger partial charge in [-0.3, -0.25) is 0 Å². The van der Waals surface area contributed by atoms with E-state index in [0.29, 0.717) is 5.31 Å². The molecule has 0 saturated heterocycles. The summed E-state index contributed by atoms with van der Waals surface area (Å²) in [5, 5.41) is 0.320. The van der Waals surface area contributed by atoms with Crippen molar-refractivity contribution in [2.24, 2.45) is 0 Å². The van der Waals surface area contributed by atoms with Crippen LogP contribution in [0.4, 0.5) is 0 Å². The van der Waals surface area contributed by atoms with Crippen molar-refractivity contribution in [1.29, 1.82) is 0 Å². The lowest BCUT2D eigenvalue weighted by atomic mass is 9.50. The summed E-state index contributed by atoms with van der Waals surface area (Å²) in [5.74, 6) is 0. The van der Waals surface area contributed by atoms with Gasteiger partial charge in [0, 0.05) is 0 Å². The molecule has 13 heavy (non-hydrogen) atoms. The monoisotopic (exact) mass is 174 g/mol. The highest BCUT2D eigenvalue weighted by Crippen LogP contribution is 2.23. The third kappa shape index (κ3) is 7.39. The molecule has 0 unspecified atom stereocenters. The van der Waals surface area contributed by atoms with Crippen molar-refractivity contribution in [1.82, 2.24) is 0 Å². The standard InChI is InChI=1S/C12H19B/c1-6-8-10-11(9-7-2)13-12(3,4)5/h6-10,13H,1-2H2,3-5H3/b10-8-,11-9+. The Balaban J connectivity index is 4.45. The van der Waals surface area contributed by atoms with Gasteiger partial charge in [0.2, 0.25) is 0 Å². The van der Waals surface area contributed by atoms with Crippen LogP contribution >= 0.6 is 0 Å². The fourth-order valence-electron chi connectivity index (χ4n) is 1.13. The van der Waals surface area contributed by atoms with E-state index < -0.39 is 0 Å². The van der Waals surface area contributed by atoms with E-state index >= 15 is 0 Å². The van der Waals surface area contributed by atoms with E-state index in [0.717, 1.165) is 7.28 Å². The van der Waals surface area contributed by atoms with Crippen molar-refractivity contribution in [3.8, 4) is 0 Å². The first-order valence-corrected chi connectivity index (χ1v) is 4.60. The van der Waals surface area contributed by atoms with Gasteiger partial charge in [-0.1, -0.05) is 75.1 Å². The normalized spacial score (nSPS) is 13.0. The van der Waals surface area contributed by atoms with Crippen LogP contribution in [0.5, 0.6) is 0 Å². The molecule has 0 aliphatic carbocycles. The van der Waals surface area contributed by atoms with E-state index in [1.165, 1.54) is 5.47 Å². The highest BCUT2D eigenvalue weighted by atomic mass is 14.0. The van der Waals surface area contributed by atoms with Crippen LogP contribution in [-0.2, 0) is 0 Å². The molecule has 0 N–H and O–H groups in total. The van der Waals surface area contributed by atoms with Crippen LogP contribution < -0.4 is 0 Å². The molecule has 0 spiro atoms. The average Bonchev–Trinajstić information content (AvgIpc) is 1.98. The molecule has 1 heteroatoms. The summed E-state index contributed by atoms with van der Waals surface area (Å²) in [6.07, 6.45) is 9.71. The molecule has 0 radical (unpaired) electrons. The zero-order valence-electron chi connectivity index (χ0n) is 9.01. The molecular weight excluding hydrogens is 155 g/mol. The van der Waals surface area contributed by atoms with Crippen molar-refractivity contribution in [3.63, 3.8) is 0 Å². The zero-order valence-corrected chi connectivity index (χ0v) is 9.01. The van der Waals surface area contributed by atoms with E-state index in [1.807, 2.05) is 18.2 Å². The fourth-order valence-corrected chi connectivity index (χ4v) is 1.13. The van der Waals surface area contributed by atoms with Gasteiger partial charge in [-0.25, -0.2) is 0 Å². The van der Waals surface area contributed by atoms with Crippen LogP contribution in [0.15, 0.2) is 49.0 Å². The molecule has 0 fully saturated rings. The number of hydrogen-bond donors (Lipinski definition) is 0. The minimum Gasteiger partial charge on any atom is -0.0991 e. The topological polar surface area (TPSA) is 0 Å². The molecule has 0 aliphatic heterocycles. The van der Waals surface area contributed by atoms with Crippen molar-refractivity contribution < 1.29 is 0 Å². The van der Waals surface area contributed by atoms with Crippen LogP contribution in [-0.4, -0.2) is 7.28 Å². The predicted octanol–water partition coefficient (Wildman–Crippen LogP) is 3.45. The maximum absolute atomic E-state index is 3.70. The molecule has 0 atom stereocenters. The number of allylic oxidation sites excluding steroid dienone is 6. The van der Waals surface area contributed by atoms with Gasteiger partial charge in [-0.2, -0.15) is 0 Å². The van der Waals surface area contributed by atoms with Crippen molar-refractivity contribution in [2.45, 2.75) is 26.1 Å². The second-order valence-electron chi connectivity index (χ2n) is 4.31. The Morgan fingerprint density at radius 2 is 1.77 bits per heavy atom. The molecule has 70 valence electrons. The maximum atomic E-state index is 3.70. The van der Waals surface area contributed by atoms with Gasteiger partial charge in [0.05, 0.1) is 0 Å². The van der Waals surface area contributed by atoms with Crippen LogP contribution in [0.3, 0.4) is 0 Å². The van der Waals surface area contributed by atoms with Gasteiger partial charge in [0.1, 0.15) is 0 Å². The lowest BCUT2D eigenvalue weighted by Crippen LogP contribution is -2.09. The van der Waals surface area contributed by atoms with Crippen LogP contribution in [0.25, 0.3) is 0 Å². The zero-order chi connectivity index (χ0) is 10.3.